The van der Waals surface area contributed by atoms with Crippen molar-refractivity contribution in [2.75, 3.05) is 12.3 Å². The van der Waals surface area contributed by atoms with Crippen LogP contribution in [0.5, 0.6) is 5.75 Å². The molecule has 1 heterocycles. The molecule has 0 spiro atoms. The molecule has 160 valence electrons. The maximum absolute atomic E-state index is 6.20. The first-order chi connectivity index (χ1) is 15.2. The molecule has 0 amide bonds. The van der Waals surface area contributed by atoms with Crippen LogP contribution in [0.1, 0.15) is 17.5 Å². The molecule has 0 saturated heterocycles. The van der Waals surface area contributed by atoms with Crippen molar-refractivity contribution in [3.8, 4) is 5.75 Å². The molecular formula is C23H24ClN5OS. The first kappa shape index (κ1) is 21.6. The lowest BCUT2D eigenvalue weighted by Gasteiger charge is -2.15. The number of ether oxygens (including phenoxy) is 1. The van der Waals surface area contributed by atoms with Gasteiger partial charge in [-0.25, -0.2) is 4.68 Å². The van der Waals surface area contributed by atoms with E-state index in [-0.39, 0.29) is 0 Å². The van der Waals surface area contributed by atoms with Gasteiger partial charge in [0.1, 0.15) is 12.4 Å². The second kappa shape index (κ2) is 10.6. The quantitative estimate of drug-likeness (QED) is 0.273. The van der Waals surface area contributed by atoms with Crippen molar-refractivity contribution in [1.82, 2.24) is 25.5 Å². The summed E-state index contributed by atoms with van der Waals surface area (Å²) in [6, 6.07) is 20.3. The van der Waals surface area contributed by atoms with Gasteiger partial charge in [-0.05, 0) is 57.9 Å². The molecule has 0 fully saturated rings. The normalized spacial score (nSPS) is 11.2. The van der Waals surface area contributed by atoms with Crippen molar-refractivity contribution in [3.05, 3.63) is 76.8 Å². The molecular weight excluding hydrogens is 430 g/mol. The number of tetrazole rings is 1. The van der Waals surface area contributed by atoms with Gasteiger partial charge in [0, 0.05) is 29.9 Å². The monoisotopic (exact) mass is 453 g/mol. The summed E-state index contributed by atoms with van der Waals surface area (Å²) < 4.78 is 7.89. The standard InChI is InChI=1S/C23H24ClN5OS/c1-29-23(26-27-28-29)31-13-5-12-25-15-21-20-9-3-2-7-18(20)10-11-22(21)30-16-17-6-4-8-19(24)14-17/h2-4,6-11,14,25H,5,12-13,15-16H2,1H3. The van der Waals surface area contributed by atoms with Crippen molar-refractivity contribution in [2.45, 2.75) is 24.7 Å². The van der Waals surface area contributed by atoms with E-state index in [1.165, 1.54) is 16.3 Å². The minimum Gasteiger partial charge on any atom is -0.489 e. The van der Waals surface area contributed by atoms with E-state index in [2.05, 4.69) is 57.2 Å². The van der Waals surface area contributed by atoms with Gasteiger partial charge in [0.05, 0.1) is 0 Å². The molecule has 31 heavy (non-hydrogen) atoms. The summed E-state index contributed by atoms with van der Waals surface area (Å²) >= 11 is 7.77. The fraction of sp³-hybridized carbons (Fsp3) is 0.261. The van der Waals surface area contributed by atoms with Gasteiger partial charge in [0.15, 0.2) is 0 Å². The molecule has 0 aliphatic rings. The van der Waals surface area contributed by atoms with Crippen molar-refractivity contribution < 1.29 is 4.74 Å². The average Bonchev–Trinajstić information content (AvgIpc) is 3.19. The highest BCUT2D eigenvalue weighted by atomic mass is 35.5. The number of benzene rings is 3. The Bertz CT molecular complexity index is 1150. The second-order valence-corrected chi connectivity index (χ2v) is 8.64. The van der Waals surface area contributed by atoms with Gasteiger partial charge in [-0.3, -0.25) is 0 Å². The molecule has 0 saturated carbocycles. The predicted molar refractivity (Wildman–Crippen MR) is 126 cm³/mol. The molecule has 0 bridgehead atoms. The Balaban J connectivity index is 1.38. The van der Waals surface area contributed by atoms with Crippen molar-refractivity contribution in [1.29, 1.82) is 0 Å². The third-order valence-corrected chi connectivity index (χ3v) is 6.23. The molecule has 6 nitrogen and oxygen atoms in total. The summed E-state index contributed by atoms with van der Waals surface area (Å²) in [5.74, 6) is 1.85. The number of aromatic nitrogens is 4. The highest BCUT2D eigenvalue weighted by molar-refractivity contribution is 7.99. The molecule has 0 aliphatic heterocycles. The van der Waals surface area contributed by atoms with Gasteiger partial charge in [-0.15, -0.1) is 5.10 Å². The van der Waals surface area contributed by atoms with E-state index in [9.17, 15) is 0 Å². The van der Waals surface area contributed by atoms with E-state index in [0.29, 0.717) is 6.61 Å². The smallest absolute Gasteiger partial charge is 0.209 e. The summed E-state index contributed by atoms with van der Waals surface area (Å²) in [7, 11) is 1.85. The van der Waals surface area contributed by atoms with Crippen LogP contribution in [-0.2, 0) is 20.2 Å². The van der Waals surface area contributed by atoms with E-state index >= 15 is 0 Å². The van der Waals surface area contributed by atoms with Gasteiger partial charge in [-0.1, -0.05) is 65.8 Å². The van der Waals surface area contributed by atoms with Gasteiger partial charge in [0.2, 0.25) is 5.16 Å². The second-order valence-electron chi connectivity index (χ2n) is 7.15. The zero-order valence-corrected chi connectivity index (χ0v) is 18.9. The number of nitrogens with zero attached hydrogens (tertiary/aromatic N) is 4. The van der Waals surface area contributed by atoms with Gasteiger partial charge < -0.3 is 10.1 Å². The molecule has 0 atom stereocenters. The number of nitrogens with one attached hydrogen (secondary N) is 1. The van der Waals surface area contributed by atoms with Crippen LogP contribution in [0.4, 0.5) is 0 Å². The molecule has 1 aromatic heterocycles. The molecule has 4 rings (SSSR count). The molecule has 1 N–H and O–H groups in total. The Labute approximate surface area is 190 Å². The number of halogens is 1. The zero-order chi connectivity index (χ0) is 21.5. The Morgan fingerprint density at radius 1 is 1.10 bits per heavy atom. The van der Waals surface area contributed by atoms with Crippen molar-refractivity contribution >= 4 is 34.1 Å². The lowest BCUT2D eigenvalue weighted by atomic mass is 10.0. The van der Waals surface area contributed by atoms with Crippen LogP contribution in [0.25, 0.3) is 10.8 Å². The molecule has 0 radical (unpaired) electrons. The number of rotatable bonds is 10. The van der Waals surface area contributed by atoms with Crippen LogP contribution in [0.2, 0.25) is 5.02 Å². The predicted octanol–water partition coefficient (Wildman–Crippen LogP) is 4.87. The largest absolute Gasteiger partial charge is 0.489 e. The Kier molecular flexibility index (Phi) is 7.40. The van der Waals surface area contributed by atoms with Crippen LogP contribution < -0.4 is 10.1 Å². The SMILES string of the molecule is Cn1nnnc1SCCCNCc1c(OCc2cccc(Cl)c2)ccc2ccccc12. The van der Waals surface area contributed by atoms with Gasteiger partial charge in [-0.2, -0.15) is 0 Å². The minimum absolute atomic E-state index is 0.480. The average molecular weight is 454 g/mol. The third-order valence-electron chi connectivity index (χ3n) is 4.89. The van der Waals surface area contributed by atoms with Gasteiger partial charge in [0.25, 0.3) is 0 Å². The Hall–Kier alpha value is -2.61. The number of hydrogen-bond acceptors (Lipinski definition) is 6. The summed E-state index contributed by atoms with van der Waals surface area (Å²) in [5, 5.41) is 19.0. The maximum atomic E-state index is 6.20. The van der Waals surface area contributed by atoms with Crippen LogP contribution >= 0.6 is 23.4 Å². The summed E-state index contributed by atoms with van der Waals surface area (Å²) in [6.45, 7) is 2.12. The minimum atomic E-state index is 0.480. The van der Waals surface area contributed by atoms with Crippen LogP contribution in [0, 0.1) is 0 Å². The van der Waals surface area contributed by atoms with Crippen molar-refractivity contribution in [3.63, 3.8) is 0 Å². The molecule has 3 aromatic carbocycles. The lowest BCUT2D eigenvalue weighted by molar-refractivity contribution is 0.303. The zero-order valence-electron chi connectivity index (χ0n) is 17.3. The fourth-order valence-corrected chi connectivity index (χ4v) is 4.34. The van der Waals surface area contributed by atoms with E-state index in [1.807, 2.05) is 31.3 Å². The van der Waals surface area contributed by atoms with E-state index in [1.54, 1.807) is 16.4 Å². The first-order valence-electron chi connectivity index (χ1n) is 10.1. The number of thioether (sulfide) groups is 1. The maximum Gasteiger partial charge on any atom is 0.209 e. The number of fused-ring (bicyclic) bond motifs is 1. The lowest BCUT2D eigenvalue weighted by Crippen LogP contribution is -2.16. The summed E-state index contributed by atoms with van der Waals surface area (Å²) in [4.78, 5) is 0. The molecule has 0 aliphatic carbocycles. The van der Waals surface area contributed by atoms with E-state index in [0.717, 1.165) is 46.8 Å². The summed E-state index contributed by atoms with van der Waals surface area (Å²) in [5.41, 5.74) is 2.22. The molecule has 8 heteroatoms. The van der Waals surface area contributed by atoms with Crippen LogP contribution in [-0.4, -0.2) is 32.5 Å². The number of hydrogen-bond donors (Lipinski definition) is 1. The van der Waals surface area contributed by atoms with E-state index < -0.39 is 0 Å². The number of aryl methyl sites for hydroxylation is 1. The van der Waals surface area contributed by atoms with Crippen LogP contribution in [0.15, 0.2) is 65.8 Å². The highest BCUT2D eigenvalue weighted by Gasteiger charge is 2.10. The van der Waals surface area contributed by atoms with E-state index in [4.69, 9.17) is 16.3 Å². The Morgan fingerprint density at radius 3 is 2.84 bits per heavy atom. The topological polar surface area (TPSA) is 64.9 Å². The molecule has 4 aromatic rings. The van der Waals surface area contributed by atoms with Gasteiger partial charge >= 0.3 is 0 Å². The fourth-order valence-electron chi connectivity index (χ4n) is 3.34. The Morgan fingerprint density at radius 2 is 2.00 bits per heavy atom. The summed E-state index contributed by atoms with van der Waals surface area (Å²) in [6.07, 6.45) is 1.01. The first-order valence-corrected chi connectivity index (χ1v) is 11.5. The highest BCUT2D eigenvalue weighted by Crippen LogP contribution is 2.29. The van der Waals surface area contributed by atoms with Crippen molar-refractivity contribution in [2.24, 2.45) is 7.05 Å². The third kappa shape index (κ3) is 5.76. The van der Waals surface area contributed by atoms with Crippen LogP contribution in [0.3, 0.4) is 0 Å². The molecule has 0 unspecified atom stereocenters.